The van der Waals surface area contributed by atoms with E-state index in [1.54, 1.807) is 17.0 Å². The van der Waals surface area contributed by atoms with E-state index in [2.05, 4.69) is 24.8 Å². The van der Waals surface area contributed by atoms with Crippen molar-refractivity contribution in [3.05, 3.63) is 29.6 Å². The van der Waals surface area contributed by atoms with Crippen LogP contribution in [0, 0.1) is 34.4 Å². The van der Waals surface area contributed by atoms with E-state index in [4.69, 9.17) is 4.74 Å². The van der Waals surface area contributed by atoms with Gasteiger partial charge in [-0.3, -0.25) is 9.69 Å². The van der Waals surface area contributed by atoms with Crippen molar-refractivity contribution < 1.29 is 18.7 Å². The number of ether oxygens (including phenoxy) is 1. The number of ketones is 1. The van der Waals surface area contributed by atoms with E-state index in [-0.39, 0.29) is 36.4 Å². The molecule has 2 aliphatic heterocycles. The van der Waals surface area contributed by atoms with Gasteiger partial charge in [0.1, 0.15) is 11.4 Å². The first-order valence-corrected chi connectivity index (χ1v) is 13.3. The molecule has 2 saturated heterocycles. The highest BCUT2D eigenvalue weighted by atomic mass is 19.1. The van der Waals surface area contributed by atoms with Crippen LogP contribution >= 0.6 is 0 Å². The Kier molecular flexibility index (Phi) is 7.37. The Labute approximate surface area is 214 Å². The molecule has 3 aliphatic rings. The largest absolute Gasteiger partial charge is 0.444 e. The Morgan fingerprint density at radius 1 is 1.22 bits per heavy atom. The van der Waals surface area contributed by atoms with Crippen molar-refractivity contribution in [1.29, 1.82) is 5.26 Å². The monoisotopic (exact) mass is 497 g/mol. The van der Waals surface area contributed by atoms with Crippen LogP contribution in [0.25, 0.3) is 0 Å². The fourth-order valence-electron chi connectivity index (χ4n) is 6.04. The summed E-state index contributed by atoms with van der Waals surface area (Å²) < 4.78 is 20.6. The third-order valence-corrected chi connectivity index (χ3v) is 8.13. The summed E-state index contributed by atoms with van der Waals surface area (Å²) in [7, 11) is 0. The Bertz CT molecular complexity index is 1030. The van der Waals surface area contributed by atoms with Crippen LogP contribution in [-0.2, 0) is 16.0 Å². The average Bonchev–Trinajstić information content (AvgIpc) is 3.40. The van der Waals surface area contributed by atoms with Gasteiger partial charge in [0.25, 0.3) is 0 Å². The number of hydrogen-bond donors (Lipinski definition) is 0. The maximum absolute atomic E-state index is 15.0. The second kappa shape index (κ2) is 10.0. The van der Waals surface area contributed by atoms with Gasteiger partial charge in [-0.25, -0.2) is 9.18 Å². The highest BCUT2D eigenvalue weighted by Crippen LogP contribution is 2.44. The fourth-order valence-corrected chi connectivity index (χ4v) is 6.04. The number of Topliss-reactive ketones (excluding diaryl/α,β-unsaturated/α-hetero) is 1. The molecule has 36 heavy (non-hydrogen) atoms. The number of piperidine rings is 2. The number of carbonyl (C=O) groups excluding carboxylic acids is 2. The van der Waals surface area contributed by atoms with Gasteiger partial charge < -0.3 is 9.64 Å². The lowest BCUT2D eigenvalue weighted by molar-refractivity contribution is -0.126. The van der Waals surface area contributed by atoms with E-state index in [1.807, 2.05) is 26.8 Å². The van der Waals surface area contributed by atoms with Crippen molar-refractivity contribution in [2.75, 3.05) is 18.0 Å². The maximum atomic E-state index is 15.0. The van der Waals surface area contributed by atoms with E-state index in [0.717, 1.165) is 50.9 Å². The third-order valence-electron chi connectivity index (χ3n) is 8.13. The Balaban J connectivity index is 1.41. The Morgan fingerprint density at radius 3 is 2.53 bits per heavy atom. The Morgan fingerprint density at radius 2 is 1.92 bits per heavy atom. The minimum absolute atomic E-state index is 0.00604. The quantitative estimate of drug-likeness (QED) is 0.491. The number of nitrogens with zero attached hydrogens (tertiary/aromatic N) is 3. The summed E-state index contributed by atoms with van der Waals surface area (Å²) in [5.74, 6) is -0.985. The number of nitriles is 1. The van der Waals surface area contributed by atoms with Crippen molar-refractivity contribution >= 4 is 17.6 Å². The van der Waals surface area contributed by atoms with Gasteiger partial charge in [0.15, 0.2) is 5.78 Å². The molecule has 4 rings (SSSR count). The molecule has 196 valence electrons. The minimum Gasteiger partial charge on any atom is -0.444 e. The zero-order valence-electron chi connectivity index (χ0n) is 22.3. The van der Waals surface area contributed by atoms with Crippen LogP contribution in [0.3, 0.4) is 0 Å². The van der Waals surface area contributed by atoms with E-state index in [1.165, 1.54) is 0 Å². The summed E-state index contributed by atoms with van der Waals surface area (Å²) in [6.45, 7) is 11.8. The van der Waals surface area contributed by atoms with Crippen LogP contribution in [0.1, 0.15) is 78.7 Å². The summed E-state index contributed by atoms with van der Waals surface area (Å²) in [5.41, 5.74) is 0.994. The smallest absolute Gasteiger partial charge is 0.411 e. The zero-order valence-corrected chi connectivity index (χ0v) is 22.3. The summed E-state index contributed by atoms with van der Waals surface area (Å²) >= 11 is 0. The first-order valence-electron chi connectivity index (χ1n) is 13.3. The van der Waals surface area contributed by atoms with Crippen molar-refractivity contribution in [3.8, 4) is 6.07 Å². The SMILES string of the molecule is CC1(C)CCN(c2ccc(C[C@@H](C#N)CC(=O)[C@@H]3[C@H]4CC[C@H](C4)N3C(=O)OC(C)(C)C)c(F)c2)CC1. The molecule has 1 aromatic carbocycles. The first kappa shape index (κ1) is 26.4. The average molecular weight is 498 g/mol. The molecule has 2 heterocycles. The minimum atomic E-state index is -0.645. The van der Waals surface area contributed by atoms with Gasteiger partial charge in [-0.05, 0) is 88.3 Å². The van der Waals surface area contributed by atoms with Crippen molar-refractivity contribution in [2.24, 2.45) is 17.3 Å². The highest BCUT2D eigenvalue weighted by molar-refractivity contribution is 5.89. The summed E-state index contributed by atoms with van der Waals surface area (Å²) in [6, 6.07) is 6.92. The maximum Gasteiger partial charge on any atom is 0.411 e. The van der Waals surface area contributed by atoms with Crippen LogP contribution in [0.5, 0.6) is 0 Å². The van der Waals surface area contributed by atoms with Crippen LogP contribution in [-0.4, -0.2) is 47.6 Å². The van der Waals surface area contributed by atoms with Gasteiger partial charge in [0.2, 0.25) is 0 Å². The van der Waals surface area contributed by atoms with E-state index >= 15 is 4.39 Å². The van der Waals surface area contributed by atoms with E-state index < -0.39 is 23.7 Å². The number of likely N-dealkylation sites (tertiary alicyclic amines) is 1. The molecule has 1 saturated carbocycles. The molecule has 6 nitrogen and oxygen atoms in total. The predicted octanol–water partition coefficient (Wildman–Crippen LogP) is 5.88. The number of anilines is 1. The number of fused-ring (bicyclic) bond motifs is 2. The number of hydrogen-bond acceptors (Lipinski definition) is 5. The molecular weight excluding hydrogens is 457 g/mol. The number of rotatable bonds is 6. The highest BCUT2D eigenvalue weighted by Gasteiger charge is 2.52. The van der Waals surface area contributed by atoms with Crippen molar-refractivity contribution in [2.45, 2.75) is 97.2 Å². The third kappa shape index (κ3) is 5.85. The van der Waals surface area contributed by atoms with Crippen LogP contribution < -0.4 is 4.90 Å². The lowest BCUT2D eigenvalue weighted by Gasteiger charge is -2.38. The van der Waals surface area contributed by atoms with Crippen LogP contribution in [0.2, 0.25) is 0 Å². The Hall–Kier alpha value is -2.62. The second-order valence-electron chi connectivity index (χ2n) is 12.7. The van der Waals surface area contributed by atoms with Crippen LogP contribution in [0.15, 0.2) is 18.2 Å². The number of benzene rings is 1. The molecule has 7 heteroatoms. The van der Waals surface area contributed by atoms with Gasteiger partial charge in [-0.2, -0.15) is 5.26 Å². The number of carbonyl (C=O) groups is 2. The molecule has 2 bridgehead atoms. The molecule has 0 aromatic heterocycles. The van der Waals surface area contributed by atoms with Gasteiger partial charge in [0, 0.05) is 31.2 Å². The van der Waals surface area contributed by atoms with Crippen LogP contribution in [0.4, 0.5) is 14.9 Å². The molecule has 0 unspecified atom stereocenters. The van der Waals surface area contributed by atoms with Crippen molar-refractivity contribution in [1.82, 2.24) is 4.90 Å². The van der Waals surface area contributed by atoms with E-state index in [9.17, 15) is 14.9 Å². The summed E-state index contributed by atoms with van der Waals surface area (Å²) in [6.07, 6.45) is 4.45. The molecule has 4 atom stereocenters. The molecule has 0 radical (unpaired) electrons. The molecule has 1 amide bonds. The molecular formula is C29H40FN3O3. The molecule has 1 aliphatic carbocycles. The summed E-state index contributed by atoms with van der Waals surface area (Å²) in [4.78, 5) is 30.1. The molecule has 0 spiro atoms. The molecule has 1 aromatic rings. The molecule has 3 fully saturated rings. The summed E-state index contributed by atoms with van der Waals surface area (Å²) in [5, 5.41) is 9.80. The number of halogens is 1. The van der Waals surface area contributed by atoms with Crippen molar-refractivity contribution in [3.63, 3.8) is 0 Å². The van der Waals surface area contributed by atoms with Gasteiger partial charge in [-0.15, -0.1) is 0 Å². The predicted molar refractivity (Wildman–Crippen MR) is 137 cm³/mol. The second-order valence-corrected chi connectivity index (χ2v) is 12.7. The topological polar surface area (TPSA) is 73.6 Å². The van der Waals surface area contributed by atoms with Gasteiger partial charge in [-0.1, -0.05) is 19.9 Å². The van der Waals surface area contributed by atoms with Gasteiger partial charge in [0.05, 0.1) is 18.0 Å². The standard InChI is InChI=1S/C29H40FN3O3/c1-28(2,3)36-27(35)33-23-9-7-21(16-23)26(33)25(34)15-19(18-31)14-20-6-8-22(17-24(20)30)32-12-10-29(4,5)11-13-32/h6,8,17,19,21,23,26H,7,9-16H2,1-5H3/t19-,21+,23-,26+/m1/s1. The van der Waals surface area contributed by atoms with Gasteiger partial charge >= 0.3 is 6.09 Å². The first-order chi connectivity index (χ1) is 16.9. The lowest BCUT2D eigenvalue weighted by atomic mass is 9.82. The zero-order chi connectivity index (χ0) is 26.3. The number of amides is 1. The molecule has 0 N–H and O–H groups in total. The lowest BCUT2D eigenvalue weighted by Crippen LogP contribution is -2.51. The fraction of sp³-hybridized carbons (Fsp3) is 0.690. The van der Waals surface area contributed by atoms with E-state index in [0.29, 0.717) is 11.0 Å². The normalized spacial score (nSPS) is 26.0.